The van der Waals surface area contributed by atoms with E-state index < -0.39 is 10.7 Å². The summed E-state index contributed by atoms with van der Waals surface area (Å²) in [5, 5.41) is 10.6. The van der Waals surface area contributed by atoms with E-state index in [2.05, 4.69) is 6.07 Å². The molecule has 2 aromatic rings. The molecule has 0 atom stereocenters. The van der Waals surface area contributed by atoms with E-state index in [9.17, 15) is 14.5 Å². The number of non-ortho nitro benzene ring substituents is 1. The Morgan fingerprint density at radius 2 is 1.90 bits per heavy atom. The minimum absolute atomic E-state index is 0.0135. The average molecular weight is 287 g/mol. The zero-order chi connectivity index (χ0) is 14.8. The third-order valence-electron chi connectivity index (χ3n) is 3.70. The van der Waals surface area contributed by atoms with Gasteiger partial charge in [0.2, 0.25) is 0 Å². The number of halogens is 1. The number of aryl methyl sites for hydroxylation is 1. The summed E-state index contributed by atoms with van der Waals surface area (Å²) in [6.07, 6.45) is 4.17. The molecular weight excluding hydrogens is 273 g/mol. The molecule has 3 rings (SSSR count). The second-order valence-corrected chi connectivity index (χ2v) is 5.07. The Bertz CT molecular complexity index is 700. The van der Waals surface area contributed by atoms with Crippen LogP contribution in [0.2, 0.25) is 0 Å². The maximum absolute atomic E-state index is 13.9. The van der Waals surface area contributed by atoms with Gasteiger partial charge < -0.3 is 4.74 Å². The molecule has 0 radical (unpaired) electrons. The highest BCUT2D eigenvalue weighted by molar-refractivity contribution is 5.46. The van der Waals surface area contributed by atoms with E-state index >= 15 is 0 Å². The number of nitrogens with zero attached hydrogens (tertiary/aromatic N) is 1. The van der Waals surface area contributed by atoms with E-state index in [0.717, 1.165) is 37.3 Å². The van der Waals surface area contributed by atoms with Crippen LogP contribution in [-0.4, -0.2) is 4.92 Å². The smallest absolute Gasteiger partial charge is 0.272 e. The molecule has 0 unspecified atom stereocenters. The van der Waals surface area contributed by atoms with Gasteiger partial charge in [-0.3, -0.25) is 10.1 Å². The van der Waals surface area contributed by atoms with Gasteiger partial charge in [-0.2, -0.15) is 0 Å². The van der Waals surface area contributed by atoms with Crippen molar-refractivity contribution in [3.63, 3.8) is 0 Å². The minimum Gasteiger partial charge on any atom is -0.454 e. The summed E-state index contributed by atoms with van der Waals surface area (Å²) < 4.78 is 19.5. The molecule has 5 heteroatoms. The maximum Gasteiger partial charge on any atom is 0.272 e. The van der Waals surface area contributed by atoms with Gasteiger partial charge in [0.05, 0.1) is 11.0 Å². The Morgan fingerprint density at radius 1 is 1.10 bits per heavy atom. The minimum atomic E-state index is -0.724. The van der Waals surface area contributed by atoms with Crippen molar-refractivity contribution in [2.75, 3.05) is 0 Å². The Kier molecular flexibility index (Phi) is 3.56. The van der Waals surface area contributed by atoms with E-state index in [1.165, 1.54) is 17.7 Å². The van der Waals surface area contributed by atoms with Crippen LogP contribution in [0.4, 0.5) is 10.1 Å². The number of hydrogen-bond acceptors (Lipinski definition) is 3. The third kappa shape index (κ3) is 2.72. The Labute approximate surface area is 121 Å². The first-order valence-corrected chi connectivity index (χ1v) is 6.88. The molecule has 21 heavy (non-hydrogen) atoms. The summed E-state index contributed by atoms with van der Waals surface area (Å²) >= 11 is 0. The zero-order valence-corrected chi connectivity index (χ0v) is 11.3. The summed E-state index contributed by atoms with van der Waals surface area (Å²) in [6.45, 7) is 0. The van der Waals surface area contributed by atoms with E-state index in [1.54, 1.807) is 0 Å². The number of benzene rings is 2. The first-order chi connectivity index (χ1) is 10.1. The molecule has 0 spiro atoms. The van der Waals surface area contributed by atoms with Crippen LogP contribution < -0.4 is 4.74 Å². The number of rotatable bonds is 3. The Balaban J connectivity index is 1.92. The van der Waals surface area contributed by atoms with Gasteiger partial charge in [-0.1, -0.05) is 12.1 Å². The molecule has 0 saturated heterocycles. The largest absolute Gasteiger partial charge is 0.454 e. The summed E-state index contributed by atoms with van der Waals surface area (Å²) in [7, 11) is 0. The van der Waals surface area contributed by atoms with Gasteiger partial charge in [0.15, 0.2) is 11.6 Å². The topological polar surface area (TPSA) is 52.4 Å². The first-order valence-electron chi connectivity index (χ1n) is 6.88. The van der Waals surface area contributed by atoms with Gasteiger partial charge in [0.1, 0.15) is 5.75 Å². The lowest BCUT2D eigenvalue weighted by atomic mass is 9.91. The molecule has 1 aliphatic carbocycles. The molecule has 2 aromatic carbocycles. The Hall–Kier alpha value is -2.43. The monoisotopic (exact) mass is 287 g/mol. The fraction of sp³-hybridized carbons (Fsp3) is 0.250. The molecule has 0 saturated carbocycles. The molecule has 0 aliphatic heterocycles. The van der Waals surface area contributed by atoms with E-state index in [4.69, 9.17) is 4.74 Å². The Morgan fingerprint density at radius 3 is 2.67 bits per heavy atom. The first kappa shape index (κ1) is 13.5. The van der Waals surface area contributed by atoms with Crippen LogP contribution in [0.25, 0.3) is 0 Å². The molecule has 0 N–H and O–H groups in total. The highest BCUT2D eigenvalue weighted by atomic mass is 19.1. The highest BCUT2D eigenvalue weighted by Gasteiger charge is 2.17. The molecule has 0 amide bonds. The molecule has 108 valence electrons. The molecule has 0 aromatic heterocycles. The van der Waals surface area contributed by atoms with Crippen LogP contribution in [0.5, 0.6) is 11.5 Å². The molecule has 4 nitrogen and oxygen atoms in total. The predicted octanol–water partition coefficient (Wildman–Crippen LogP) is 4.41. The van der Waals surface area contributed by atoms with Crippen molar-refractivity contribution < 1.29 is 14.1 Å². The summed E-state index contributed by atoms with van der Waals surface area (Å²) in [5.41, 5.74) is 2.07. The lowest BCUT2D eigenvalue weighted by Crippen LogP contribution is -2.04. The highest BCUT2D eigenvalue weighted by Crippen LogP contribution is 2.34. The van der Waals surface area contributed by atoms with Crippen LogP contribution in [-0.2, 0) is 12.8 Å². The lowest BCUT2D eigenvalue weighted by molar-refractivity contribution is -0.385. The quantitative estimate of drug-likeness (QED) is 0.621. The van der Waals surface area contributed by atoms with Gasteiger partial charge >= 0.3 is 0 Å². The van der Waals surface area contributed by atoms with Gasteiger partial charge in [-0.25, -0.2) is 4.39 Å². The second-order valence-electron chi connectivity index (χ2n) is 5.07. The summed E-state index contributed by atoms with van der Waals surface area (Å²) in [4.78, 5) is 9.98. The summed E-state index contributed by atoms with van der Waals surface area (Å²) in [6, 6.07) is 9.19. The maximum atomic E-state index is 13.9. The van der Waals surface area contributed by atoms with Crippen LogP contribution in [0.3, 0.4) is 0 Å². The van der Waals surface area contributed by atoms with Crippen LogP contribution >= 0.6 is 0 Å². The van der Waals surface area contributed by atoms with E-state index in [-0.39, 0.29) is 11.4 Å². The fourth-order valence-corrected chi connectivity index (χ4v) is 2.65. The van der Waals surface area contributed by atoms with Crippen molar-refractivity contribution in [1.82, 2.24) is 0 Å². The van der Waals surface area contributed by atoms with Crippen LogP contribution in [0, 0.1) is 15.9 Å². The predicted molar refractivity (Wildman–Crippen MR) is 76.2 cm³/mol. The number of hydrogen-bond donors (Lipinski definition) is 0. The fourth-order valence-electron chi connectivity index (χ4n) is 2.65. The van der Waals surface area contributed by atoms with Crippen molar-refractivity contribution in [2.24, 2.45) is 0 Å². The molecule has 0 heterocycles. The van der Waals surface area contributed by atoms with Crippen molar-refractivity contribution in [3.05, 3.63) is 63.5 Å². The van der Waals surface area contributed by atoms with Crippen molar-refractivity contribution in [3.8, 4) is 11.5 Å². The number of nitro benzene ring substituents is 1. The second kappa shape index (κ2) is 5.52. The molecular formula is C16H14FNO3. The molecule has 0 bridgehead atoms. The SMILES string of the molecule is O=[N+]([O-])c1ccc(Oc2cccc3c2CCCC3)c(F)c1. The van der Waals surface area contributed by atoms with Gasteiger partial charge in [0.25, 0.3) is 5.69 Å². The van der Waals surface area contributed by atoms with Crippen molar-refractivity contribution in [1.29, 1.82) is 0 Å². The number of nitro groups is 1. The van der Waals surface area contributed by atoms with Crippen molar-refractivity contribution >= 4 is 5.69 Å². The van der Waals surface area contributed by atoms with Crippen molar-refractivity contribution in [2.45, 2.75) is 25.7 Å². The number of fused-ring (bicyclic) bond motifs is 1. The van der Waals surface area contributed by atoms with E-state index in [0.29, 0.717) is 5.75 Å². The number of ether oxygens (including phenoxy) is 1. The lowest BCUT2D eigenvalue weighted by Gasteiger charge is -2.19. The van der Waals surface area contributed by atoms with Crippen LogP contribution in [0.15, 0.2) is 36.4 Å². The van der Waals surface area contributed by atoms with Crippen LogP contribution in [0.1, 0.15) is 24.0 Å². The third-order valence-corrected chi connectivity index (χ3v) is 3.70. The van der Waals surface area contributed by atoms with E-state index in [1.807, 2.05) is 12.1 Å². The van der Waals surface area contributed by atoms with Gasteiger partial charge in [0, 0.05) is 6.07 Å². The average Bonchev–Trinajstić information content (AvgIpc) is 2.49. The van der Waals surface area contributed by atoms with Gasteiger partial charge in [-0.05, 0) is 48.9 Å². The zero-order valence-electron chi connectivity index (χ0n) is 11.3. The van der Waals surface area contributed by atoms with Gasteiger partial charge in [-0.15, -0.1) is 0 Å². The molecule has 0 fully saturated rings. The standard InChI is InChI=1S/C16H14FNO3/c17-14-10-12(18(19)20)8-9-16(14)21-15-7-3-5-11-4-1-2-6-13(11)15/h3,5,7-10H,1-2,4,6H2. The molecule has 1 aliphatic rings. The normalized spacial score (nSPS) is 13.6. The summed E-state index contributed by atoms with van der Waals surface area (Å²) in [5.74, 6) is -0.0721.